The van der Waals surface area contributed by atoms with E-state index in [4.69, 9.17) is 0 Å². The maximum Gasteiger partial charge on any atom is 0.0493 e. The highest BCUT2D eigenvalue weighted by molar-refractivity contribution is 6.22. The lowest BCUT2D eigenvalue weighted by molar-refractivity contribution is 0.418. The van der Waals surface area contributed by atoms with E-state index in [9.17, 15) is 0 Å². The van der Waals surface area contributed by atoms with Crippen molar-refractivity contribution in [3.05, 3.63) is 269 Å². The summed E-state index contributed by atoms with van der Waals surface area (Å²) in [4.78, 5) is 5.16. The first-order valence-corrected chi connectivity index (χ1v) is 27.3. The molecule has 3 aliphatic carbocycles. The zero-order valence-corrected chi connectivity index (χ0v) is 42.8. The number of nitrogens with zero attached hydrogens (tertiary/aromatic N) is 2. The molecule has 15 rings (SSSR count). The number of allylic oxidation sites excluding steroid dienone is 7. The Labute approximate surface area is 440 Å². The standard InChI is InChI=1S/C73H58N2/c1-73(2)65-29-12-11-26-58(65)59-41-38-52(44-66(59)73)71-61-42-39-54(75-69-32-15-6-21-50(69)36-37-51-22-7-16-33-70(51)75)46-64(61)72(60-27-10-9-25-57(60)56-28-17-23-47-18-3-8-24-55(47)56)62-43-40-53(45-63(62)71)74-67-30-13-4-19-48(67)34-35-49-20-5-14-31-68(49)74/h3-4,6-19,21-33,38-43,45-46,66H,5,20,34-37,44H2,1-2H3. The van der Waals surface area contributed by atoms with Gasteiger partial charge in [0.15, 0.2) is 0 Å². The molecule has 1 unspecified atom stereocenters. The lowest BCUT2D eigenvalue weighted by atomic mass is 9.71. The molecule has 0 saturated carbocycles. The van der Waals surface area contributed by atoms with Gasteiger partial charge in [-0.05, 0) is 209 Å². The van der Waals surface area contributed by atoms with E-state index in [1.807, 2.05) is 0 Å². The predicted molar refractivity (Wildman–Crippen MR) is 318 cm³/mol. The molecule has 360 valence electrons. The molecular weight excluding hydrogens is 905 g/mol. The van der Waals surface area contributed by atoms with E-state index in [-0.39, 0.29) is 5.41 Å². The number of fused-ring (bicyclic) bond motifs is 9. The quantitative estimate of drug-likeness (QED) is 0.159. The first-order valence-electron chi connectivity index (χ1n) is 27.3. The summed E-state index contributed by atoms with van der Waals surface area (Å²) in [7, 11) is 0. The van der Waals surface area contributed by atoms with Crippen LogP contribution in [0.1, 0.15) is 72.9 Å². The number of anilines is 5. The average molecular weight is 963 g/mol. The van der Waals surface area contributed by atoms with Gasteiger partial charge in [0, 0.05) is 34.1 Å². The Balaban J connectivity index is 1.07. The third-order valence-electron chi connectivity index (χ3n) is 17.8. The Hall–Kier alpha value is -8.46. The van der Waals surface area contributed by atoms with Crippen molar-refractivity contribution in [2.75, 3.05) is 9.80 Å². The van der Waals surface area contributed by atoms with Crippen LogP contribution in [0.2, 0.25) is 0 Å². The Morgan fingerprint density at radius 1 is 0.427 bits per heavy atom. The van der Waals surface area contributed by atoms with Crippen molar-refractivity contribution >= 4 is 71.9 Å². The second-order valence-corrected chi connectivity index (χ2v) is 22.1. The Morgan fingerprint density at radius 3 is 1.73 bits per heavy atom. The van der Waals surface area contributed by atoms with Crippen LogP contribution in [-0.2, 0) is 24.7 Å². The van der Waals surface area contributed by atoms with Gasteiger partial charge < -0.3 is 9.80 Å². The van der Waals surface area contributed by atoms with Gasteiger partial charge in [-0.15, -0.1) is 0 Å². The number of hydrogen-bond acceptors (Lipinski definition) is 2. The van der Waals surface area contributed by atoms with Crippen LogP contribution in [0, 0.1) is 5.92 Å². The van der Waals surface area contributed by atoms with Crippen LogP contribution in [0.15, 0.2) is 236 Å². The fourth-order valence-electron chi connectivity index (χ4n) is 14.2. The van der Waals surface area contributed by atoms with Crippen molar-refractivity contribution in [2.24, 2.45) is 5.92 Å². The molecule has 0 aromatic heterocycles. The molecule has 0 N–H and O–H groups in total. The van der Waals surface area contributed by atoms with Gasteiger partial charge in [-0.1, -0.05) is 190 Å². The monoisotopic (exact) mass is 962 g/mol. The third kappa shape index (κ3) is 6.92. The molecule has 5 aliphatic rings. The molecule has 0 spiro atoms. The normalized spacial score (nSPS) is 17.3. The molecule has 75 heavy (non-hydrogen) atoms. The summed E-state index contributed by atoms with van der Waals surface area (Å²) in [5.41, 5.74) is 25.3. The summed E-state index contributed by atoms with van der Waals surface area (Å²) in [5.74, 6) is 0.344. The largest absolute Gasteiger partial charge is 0.310 e. The van der Waals surface area contributed by atoms with E-state index in [0.717, 1.165) is 44.9 Å². The van der Waals surface area contributed by atoms with Gasteiger partial charge in [0.05, 0.1) is 0 Å². The molecule has 10 aromatic carbocycles. The van der Waals surface area contributed by atoms with Crippen LogP contribution in [0.3, 0.4) is 0 Å². The molecule has 0 fully saturated rings. The van der Waals surface area contributed by atoms with E-state index >= 15 is 0 Å². The summed E-state index contributed by atoms with van der Waals surface area (Å²) < 4.78 is 0. The molecule has 2 nitrogen and oxygen atoms in total. The first-order chi connectivity index (χ1) is 37.0. The predicted octanol–water partition coefficient (Wildman–Crippen LogP) is 19.5. The molecule has 0 radical (unpaired) electrons. The zero-order valence-electron chi connectivity index (χ0n) is 42.8. The number of hydrogen-bond donors (Lipinski definition) is 0. The molecule has 2 heterocycles. The van der Waals surface area contributed by atoms with Crippen molar-refractivity contribution in [3.63, 3.8) is 0 Å². The summed E-state index contributed by atoms with van der Waals surface area (Å²) in [5, 5.41) is 7.62. The molecule has 0 saturated heterocycles. The van der Waals surface area contributed by atoms with Gasteiger partial charge in [-0.2, -0.15) is 0 Å². The van der Waals surface area contributed by atoms with Crippen LogP contribution < -0.4 is 9.80 Å². The summed E-state index contributed by atoms with van der Waals surface area (Å²) in [6.45, 7) is 4.95. The highest BCUT2D eigenvalue weighted by Crippen LogP contribution is 2.57. The highest BCUT2D eigenvalue weighted by atomic mass is 15.2. The minimum Gasteiger partial charge on any atom is -0.310 e. The van der Waals surface area contributed by atoms with Crippen LogP contribution in [0.5, 0.6) is 0 Å². The van der Waals surface area contributed by atoms with Crippen LogP contribution >= 0.6 is 0 Å². The molecule has 0 amide bonds. The number of rotatable bonds is 5. The van der Waals surface area contributed by atoms with Crippen molar-refractivity contribution in [1.29, 1.82) is 0 Å². The number of benzene rings is 10. The van der Waals surface area contributed by atoms with Crippen molar-refractivity contribution in [3.8, 4) is 22.3 Å². The van der Waals surface area contributed by atoms with E-state index in [1.54, 1.807) is 5.57 Å². The maximum absolute atomic E-state index is 2.60. The summed E-state index contributed by atoms with van der Waals surface area (Å²) >= 11 is 0. The second kappa shape index (κ2) is 17.3. The highest BCUT2D eigenvalue weighted by Gasteiger charge is 2.44. The van der Waals surface area contributed by atoms with Crippen LogP contribution in [0.25, 0.3) is 65.7 Å². The Morgan fingerprint density at radius 2 is 0.987 bits per heavy atom. The summed E-state index contributed by atoms with van der Waals surface area (Å²) in [6, 6.07) is 76.3. The van der Waals surface area contributed by atoms with E-state index < -0.39 is 0 Å². The molecule has 0 bridgehead atoms. The zero-order chi connectivity index (χ0) is 49.8. The van der Waals surface area contributed by atoms with Gasteiger partial charge in [-0.3, -0.25) is 0 Å². The first kappa shape index (κ1) is 44.1. The number of para-hydroxylation sites is 3. The molecule has 1 atom stereocenters. The van der Waals surface area contributed by atoms with Gasteiger partial charge in [0.2, 0.25) is 0 Å². The lowest BCUT2D eigenvalue weighted by Crippen LogP contribution is -2.25. The van der Waals surface area contributed by atoms with Crippen LogP contribution in [0.4, 0.5) is 28.4 Å². The minimum absolute atomic E-state index is 0.0251. The molecule has 2 aliphatic heterocycles. The maximum atomic E-state index is 2.60. The van der Waals surface area contributed by atoms with Crippen molar-refractivity contribution in [2.45, 2.75) is 64.2 Å². The second-order valence-electron chi connectivity index (χ2n) is 22.1. The average Bonchev–Trinajstić information content (AvgIpc) is 3.60. The number of aryl methyl sites for hydroxylation is 3. The fraction of sp³-hybridized carbons (Fsp3) is 0.151. The van der Waals surface area contributed by atoms with Crippen molar-refractivity contribution < 1.29 is 0 Å². The van der Waals surface area contributed by atoms with E-state index in [0.29, 0.717) is 5.92 Å². The minimum atomic E-state index is -0.0251. The van der Waals surface area contributed by atoms with E-state index in [2.05, 4.69) is 248 Å². The fourth-order valence-corrected chi connectivity index (χ4v) is 14.2. The van der Waals surface area contributed by atoms with Gasteiger partial charge in [-0.25, -0.2) is 0 Å². The van der Waals surface area contributed by atoms with E-state index in [1.165, 1.54) is 133 Å². The van der Waals surface area contributed by atoms with Gasteiger partial charge in [0.25, 0.3) is 0 Å². The lowest BCUT2D eigenvalue weighted by Gasteiger charge is -2.33. The topological polar surface area (TPSA) is 6.48 Å². The third-order valence-corrected chi connectivity index (χ3v) is 17.8. The Bertz CT molecular complexity index is 4100. The smallest absolute Gasteiger partial charge is 0.0493 e. The van der Waals surface area contributed by atoms with Crippen molar-refractivity contribution in [1.82, 2.24) is 0 Å². The summed E-state index contributed by atoms with van der Waals surface area (Å²) in [6.07, 6.45) is 17.1. The molecular formula is C73H58N2. The van der Waals surface area contributed by atoms with Gasteiger partial charge >= 0.3 is 0 Å². The molecule has 2 heteroatoms. The van der Waals surface area contributed by atoms with Crippen LogP contribution in [-0.4, -0.2) is 0 Å². The Kier molecular flexibility index (Phi) is 10.2. The van der Waals surface area contributed by atoms with Gasteiger partial charge in [0.1, 0.15) is 0 Å². The molecule has 10 aromatic rings. The SMILES string of the molecule is CC1(C)c2ccccc2C2=CC=C(c3c4cc(N5C6=C(CCC=C6)CCc6ccccc65)ccc4c(-c4ccccc4-c4cccc5ccccc45)c4cc(N5c6ccccc6CCc6ccccc65)ccc34)CC21.